The first-order valence-electron chi connectivity index (χ1n) is 4.96. The highest BCUT2D eigenvalue weighted by atomic mass is 32.2. The van der Waals surface area contributed by atoms with Gasteiger partial charge in [-0.2, -0.15) is 0 Å². The minimum Gasteiger partial charge on any atom is -0.302 e. The Morgan fingerprint density at radius 3 is 1.80 bits per heavy atom. The molecule has 1 aromatic carbocycles. The summed E-state index contributed by atoms with van der Waals surface area (Å²) in [4.78, 5) is 0.544. The zero-order valence-electron chi connectivity index (χ0n) is 9.92. The van der Waals surface area contributed by atoms with Crippen molar-refractivity contribution in [2.75, 3.05) is 0 Å². The fourth-order valence-electron chi connectivity index (χ4n) is 1.66. The van der Waals surface area contributed by atoms with Gasteiger partial charge in [0.05, 0.1) is 4.90 Å². The standard InChI is InChI=1S/C12H18O2S/c1-8-6-10(12(3,4)5)7-9(2)11(8)15(13)14/h6-7H,1-5H3,(H,13,14). The molecule has 1 aromatic rings. The Morgan fingerprint density at radius 1 is 1.13 bits per heavy atom. The van der Waals surface area contributed by atoms with Crippen LogP contribution < -0.4 is 0 Å². The molecule has 0 aliphatic rings. The molecule has 0 bridgehead atoms. The van der Waals surface area contributed by atoms with Crippen molar-refractivity contribution in [3.8, 4) is 0 Å². The van der Waals surface area contributed by atoms with Crippen LogP contribution in [0.1, 0.15) is 37.5 Å². The first-order chi connectivity index (χ1) is 6.73. The molecule has 84 valence electrons. The molecule has 0 aliphatic carbocycles. The van der Waals surface area contributed by atoms with Crippen LogP contribution in [0, 0.1) is 13.8 Å². The molecule has 0 saturated heterocycles. The summed E-state index contributed by atoms with van der Waals surface area (Å²) in [5.41, 5.74) is 3.05. The van der Waals surface area contributed by atoms with Gasteiger partial charge in [-0.15, -0.1) is 0 Å². The average molecular weight is 226 g/mol. The molecule has 1 unspecified atom stereocenters. The molecule has 0 amide bonds. The summed E-state index contributed by atoms with van der Waals surface area (Å²) in [6.45, 7) is 10.2. The summed E-state index contributed by atoms with van der Waals surface area (Å²) in [5.74, 6) is 0. The smallest absolute Gasteiger partial charge is 0.187 e. The Balaban J connectivity index is 3.39. The third-order valence-corrected chi connectivity index (χ3v) is 3.49. The molecule has 0 radical (unpaired) electrons. The average Bonchev–Trinajstić information content (AvgIpc) is 1.99. The van der Waals surface area contributed by atoms with Crippen LogP contribution in [0.25, 0.3) is 0 Å². The van der Waals surface area contributed by atoms with Gasteiger partial charge in [0.15, 0.2) is 11.1 Å². The molecule has 0 fully saturated rings. The van der Waals surface area contributed by atoms with Crippen LogP contribution >= 0.6 is 0 Å². The minimum absolute atomic E-state index is 0.0744. The van der Waals surface area contributed by atoms with Crippen LogP contribution in [-0.4, -0.2) is 8.76 Å². The van der Waals surface area contributed by atoms with Crippen LogP contribution in [0.15, 0.2) is 17.0 Å². The van der Waals surface area contributed by atoms with E-state index in [2.05, 4.69) is 20.8 Å². The lowest BCUT2D eigenvalue weighted by Gasteiger charge is -2.21. The molecular formula is C12H18O2S. The van der Waals surface area contributed by atoms with Crippen molar-refractivity contribution >= 4 is 11.1 Å². The molecule has 2 nitrogen and oxygen atoms in total. The van der Waals surface area contributed by atoms with E-state index < -0.39 is 11.1 Å². The normalized spacial score (nSPS) is 14.0. The van der Waals surface area contributed by atoms with Gasteiger partial charge in [-0.3, -0.25) is 0 Å². The lowest BCUT2D eigenvalue weighted by molar-refractivity contribution is 0.561. The molecule has 0 aliphatic heterocycles. The first-order valence-corrected chi connectivity index (χ1v) is 6.06. The maximum absolute atomic E-state index is 11.1. The Labute approximate surface area is 94.0 Å². The van der Waals surface area contributed by atoms with Crippen LogP contribution in [-0.2, 0) is 16.5 Å². The van der Waals surface area contributed by atoms with E-state index in [4.69, 9.17) is 4.55 Å². The van der Waals surface area contributed by atoms with Crippen molar-refractivity contribution in [2.24, 2.45) is 0 Å². The van der Waals surface area contributed by atoms with Crippen molar-refractivity contribution in [3.05, 3.63) is 28.8 Å². The summed E-state index contributed by atoms with van der Waals surface area (Å²) in [6, 6.07) is 3.99. The van der Waals surface area contributed by atoms with Crippen molar-refractivity contribution in [1.82, 2.24) is 0 Å². The Bertz CT molecular complexity index is 380. The predicted octanol–water partition coefficient (Wildman–Crippen LogP) is 3.18. The number of benzene rings is 1. The van der Waals surface area contributed by atoms with Gasteiger partial charge in [0.1, 0.15) is 0 Å². The van der Waals surface area contributed by atoms with Gasteiger partial charge in [-0.05, 0) is 36.0 Å². The van der Waals surface area contributed by atoms with E-state index in [1.54, 1.807) is 0 Å². The van der Waals surface area contributed by atoms with Gasteiger partial charge in [0.2, 0.25) is 0 Å². The molecule has 0 aromatic heterocycles. The molecule has 15 heavy (non-hydrogen) atoms. The van der Waals surface area contributed by atoms with Crippen molar-refractivity contribution in [2.45, 2.75) is 44.9 Å². The second kappa shape index (κ2) is 4.06. The Kier molecular flexibility index (Phi) is 3.36. The molecule has 0 heterocycles. The molecule has 1 atom stereocenters. The highest BCUT2D eigenvalue weighted by Crippen LogP contribution is 2.27. The van der Waals surface area contributed by atoms with E-state index in [-0.39, 0.29) is 5.41 Å². The van der Waals surface area contributed by atoms with Gasteiger partial charge in [0, 0.05) is 0 Å². The van der Waals surface area contributed by atoms with Crippen LogP contribution in [0.4, 0.5) is 0 Å². The Hall–Kier alpha value is -0.670. The monoisotopic (exact) mass is 226 g/mol. The van der Waals surface area contributed by atoms with E-state index in [1.165, 1.54) is 5.56 Å². The third kappa shape index (κ3) is 2.67. The number of rotatable bonds is 1. The quantitative estimate of drug-likeness (QED) is 0.747. The van der Waals surface area contributed by atoms with Crippen molar-refractivity contribution in [1.29, 1.82) is 0 Å². The maximum Gasteiger partial charge on any atom is 0.187 e. The zero-order chi connectivity index (χ0) is 11.8. The van der Waals surface area contributed by atoms with E-state index in [0.717, 1.165) is 11.1 Å². The fourth-order valence-corrected chi connectivity index (χ4v) is 2.33. The predicted molar refractivity (Wildman–Crippen MR) is 63.7 cm³/mol. The Morgan fingerprint density at radius 2 is 1.53 bits per heavy atom. The van der Waals surface area contributed by atoms with Crippen molar-refractivity contribution < 1.29 is 8.76 Å². The molecule has 1 N–H and O–H groups in total. The lowest BCUT2D eigenvalue weighted by Crippen LogP contribution is -2.12. The summed E-state index contributed by atoms with van der Waals surface area (Å²) in [5, 5.41) is 0. The van der Waals surface area contributed by atoms with E-state index in [9.17, 15) is 4.21 Å². The highest BCUT2D eigenvalue weighted by Gasteiger charge is 2.17. The number of hydrogen-bond donors (Lipinski definition) is 1. The van der Waals surface area contributed by atoms with Gasteiger partial charge in [0.25, 0.3) is 0 Å². The SMILES string of the molecule is Cc1cc(C(C)(C)C)cc(C)c1S(=O)O. The lowest BCUT2D eigenvalue weighted by atomic mass is 9.85. The first kappa shape index (κ1) is 12.4. The number of hydrogen-bond acceptors (Lipinski definition) is 1. The summed E-state index contributed by atoms with van der Waals surface area (Å²) < 4.78 is 20.3. The van der Waals surface area contributed by atoms with Crippen molar-refractivity contribution in [3.63, 3.8) is 0 Å². The summed E-state index contributed by atoms with van der Waals surface area (Å²) >= 11 is -1.89. The van der Waals surface area contributed by atoms with Crippen LogP contribution in [0.5, 0.6) is 0 Å². The van der Waals surface area contributed by atoms with E-state index >= 15 is 0 Å². The fraction of sp³-hybridized carbons (Fsp3) is 0.500. The van der Waals surface area contributed by atoms with Gasteiger partial charge in [-0.25, -0.2) is 4.21 Å². The van der Waals surface area contributed by atoms with Crippen LogP contribution in [0.3, 0.4) is 0 Å². The third-order valence-electron chi connectivity index (χ3n) is 2.50. The number of aryl methyl sites for hydroxylation is 2. The molecular weight excluding hydrogens is 208 g/mol. The zero-order valence-corrected chi connectivity index (χ0v) is 10.7. The van der Waals surface area contributed by atoms with Gasteiger partial charge >= 0.3 is 0 Å². The summed E-state index contributed by atoms with van der Waals surface area (Å²) in [6.07, 6.45) is 0. The largest absolute Gasteiger partial charge is 0.302 e. The maximum atomic E-state index is 11.1. The second-order valence-electron chi connectivity index (χ2n) is 4.94. The summed E-state index contributed by atoms with van der Waals surface area (Å²) in [7, 11) is 0. The topological polar surface area (TPSA) is 37.3 Å². The van der Waals surface area contributed by atoms with Gasteiger partial charge < -0.3 is 4.55 Å². The molecule has 0 spiro atoms. The van der Waals surface area contributed by atoms with E-state index in [0.29, 0.717) is 4.90 Å². The van der Waals surface area contributed by atoms with E-state index in [1.807, 2.05) is 26.0 Å². The molecule has 0 saturated carbocycles. The van der Waals surface area contributed by atoms with Gasteiger partial charge in [-0.1, -0.05) is 32.9 Å². The highest BCUT2D eigenvalue weighted by molar-refractivity contribution is 7.79. The molecule has 1 rings (SSSR count). The minimum atomic E-state index is -1.89. The second-order valence-corrected chi connectivity index (χ2v) is 5.84. The van der Waals surface area contributed by atoms with Crippen LogP contribution in [0.2, 0.25) is 0 Å². The molecule has 3 heteroatoms.